The summed E-state index contributed by atoms with van der Waals surface area (Å²) in [6.45, 7) is 4.20. The van der Waals surface area contributed by atoms with Gasteiger partial charge in [0.25, 0.3) is 0 Å². The molecule has 1 amide bonds. The van der Waals surface area contributed by atoms with Crippen molar-refractivity contribution >= 4 is 5.91 Å². The van der Waals surface area contributed by atoms with Crippen LogP contribution in [0.4, 0.5) is 0 Å². The zero-order chi connectivity index (χ0) is 9.56. The van der Waals surface area contributed by atoms with E-state index in [2.05, 4.69) is 19.2 Å². The summed E-state index contributed by atoms with van der Waals surface area (Å²) in [6.07, 6.45) is 3.39. The van der Waals surface area contributed by atoms with E-state index in [4.69, 9.17) is 5.73 Å². The average Bonchev–Trinajstić information content (AvgIpc) is 2.01. The van der Waals surface area contributed by atoms with Crippen LogP contribution in [-0.2, 0) is 4.79 Å². The first-order valence-corrected chi connectivity index (χ1v) is 4.60. The summed E-state index contributed by atoms with van der Waals surface area (Å²) in [5.41, 5.74) is 5.22. The quantitative estimate of drug-likeness (QED) is 0.625. The second-order valence-corrected chi connectivity index (χ2v) is 3.29. The monoisotopic (exact) mass is 172 g/mol. The zero-order valence-corrected chi connectivity index (χ0v) is 8.26. The molecule has 2 unspecified atom stereocenters. The van der Waals surface area contributed by atoms with Crippen molar-refractivity contribution in [2.24, 2.45) is 11.7 Å². The Labute approximate surface area is 74.7 Å². The predicted molar refractivity (Wildman–Crippen MR) is 50.7 cm³/mol. The number of carbonyl (C=O) groups is 1. The van der Waals surface area contributed by atoms with E-state index < -0.39 is 0 Å². The molecule has 0 bridgehead atoms. The largest absolute Gasteiger partial charge is 0.368 e. The van der Waals surface area contributed by atoms with Crippen molar-refractivity contribution in [3.05, 3.63) is 0 Å². The van der Waals surface area contributed by atoms with Crippen LogP contribution in [0.5, 0.6) is 0 Å². The van der Waals surface area contributed by atoms with Crippen molar-refractivity contribution in [1.82, 2.24) is 5.32 Å². The van der Waals surface area contributed by atoms with Gasteiger partial charge in [0.2, 0.25) is 5.91 Å². The van der Waals surface area contributed by atoms with Gasteiger partial charge in [0, 0.05) is 0 Å². The van der Waals surface area contributed by atoms with E-state index in [1.165, 1.54) is 6.42 Å². The van der Waals surface area contributed by atoms with E-state index in [1.807, 2.05) is 0 Å². The lowest BCUT2D eigenvalue weighted by Gasteiger charge is -2.19. The Kier molecular flexibility index (Phi) is 5.72. The average molecular weight is 172 g/mol. The van der Waals surface area contributed by atoms with E-state index in [0.29, 0.717) is 5.92 Å². The van der Waals surface area contributed by atoms with Crippen LogP contribution in [0.15, 0.2) is 0 Å². The van der Waals surface area contributed by atoms with Crippen LogP contribution >= 0.6 is 0 Å². The number of hydrogen-bond donors (Lipinski definition) is 2. The summed E-state index contributed by atoms with van der Waals surface area (Å²) >= 11 is 0. The molecule has 3 heteroatoms. The minimum Gasteiger partial charge on any atom is -0.368 e. The molecule has 2 atom stereocenters. The Morgan fingerprint density at radius 3 is 2.50 bits per heavy atom. The molecule has 0 heterocycles. The SMILES string of the molecule is CCCCC(C)C(NC)C(N)=O. The van der Waals surface area contributed by atoms with E-state index in [9.17, 15) is 4.79 Å². The number of unbranched alkanes of at least 4 members (excludes halogenated alkanes) is 1. The first kappa shape index (κ1) is 11.4. The predicted octanol–water partition coefficient (Wildman–Crippen LogP) is 0.886. The molecule has 72 valence electrons. The van der Waals surface area contributed by atoms with Gasteiger partial charge < -0.3 is 11.1 Å². The maximum atomic E-state index is 10.9. The summed E-state index contributed by atoms with van der Waals surface area (Å²) in [5.74, 6) is 0.0913. The third kappa shape index (κ3) is 3.72. The van der Waals surface area contributed by atoms with Gasteiger partial charge in [-0.1, -0.05) is 26.7 Å². The van der Waals surface area contributed by atoms with Gasteiger partial charge in [0.15, 0.2) is 0 Å². The van der Waals surface area contributed by atoms with E-state index in [-0.39, 0.29) is 11.9 Å². The molecule has 0 aromatic carbocycles. The Morgan fingerprint density at radius 1 is 1.58 bits per heavy atom. The fourth-order valence-corrected chi connectivity index (χ4v) is 1.40. The number of carbonyl (C=O) groups excluding carboxylic acids is 1. The molecule has 3 N–H and O–H groups in total. The number of nitrogens with two attached hydrogens (primary N) is 1. The first-order valence-electron chi connectivity index (χ1n) is 4.60. The second-order valence-electron chi connectivity index (χ2n) is 3.29. The summed E-state index contributed by atoms with van der Waals surface area (Å²) in [7, 11) is 1.78. The van der Waals surface area contributed by atoms with Gasteiger partial charge in [-0.2, -0.15) is 0 Å². The highest BCUT2D eigenvalue weighted by Gasteiger charge is 2.19. The van der Waals surface area contributed by atoms with Crippen LogP contribution in [0.3, 0.4) is 0 Å². The lowest BCUT2D eigenvalue weighted by atomic mass is 9.95. The molecule has 0 radical (unpaired) electrons. The highest BCUT2D eigenvalue weighted by molar-refractivity contribution is 5.80. The summed E-state index contributed by atoms with van der Waals surface area (Å²) < 4.78 is 0. The summed E-state index contributed by atoms with van der Waals surface area (Å²) in [5, 5.41) is 2.94. The van der Waals surface area contributed by atoms with Gasteiger partial charge in [0.05, 0.1) is 6.04 Å². The molecule has 0 aliphatic heterocycles. The van der Waals surface area contributed by atoms with Crippen molar-refractivity contribution in [2.45, 2.75) is 39.2 Å². The Hall–Kier alpha value is -0.570. The Morgan fingerprint density at radius 2 is 2.17 bits per heavy atom. The lowest BCUT2D eigenvalue weighted by molar-refractivity contribution is -0.121. The number of primary amides is 1. The minimum atomic E-state index is -0.249. The van der Waals surface area contributed by atoms with Gasteiger partial charge in [0.1, 0.15) is 0 Å². The first-order chi connectivity index (χ1) is 5.63. The topological polar surface area (TPSA) is 55.1 Å². The summed E-state index contributed by atoms with van der Waals surface area (Å²) in [4.78, 5) is 10.9. The minimum absolute atomic E-state index is 0.170. The molecule has 12 heavy (non-hydrogen) atoms. The standard InChI is InChI=1S/C9H20N2O/c1-4-5-6-7(2)8(11-3)9(10)12/h7-8,11H,4-6H2,1-3H3,(H2,10,12). The molecular formula is C9H20N2O. The van der Waals surface area contributed by atoms with E-state index in [1.54, 1.807) is 7.05 Å². The second kappa shape index (κ2) is 6.00. The highest BCUT2D eigenvalue weighted by Crippen LogP contribution is 2.11. The molecule has 0 aromatic rings. The fourth-order valence-electron chi connectivity index (χ4n) is 1.40. The molecule has 0 saturated heterocycles. The number of rotatable bonds is 6. The molecule has 0 spiro atoms. The van der Waals surface area contributed by atoms with Crippen molar-refractivity contribution in [3.63, 3.8) is 0 Å². The third-order valence-corrected chi connectivity index (χ3v) is 2.20. The highest BCUT2D eigenvalue weighted by atomic mass is 16.1. The number of likely N-dealkylation sites (N-methyl/N-ethyl adjacent to an activating group) is 1. The van der Waals surface area contributed by atoms with Crippen LogP contribution in [0.2, 0.25) is 0 Å². The van der Waals surface area contributed by atoms with Crippen molar-refractivity contribution in [2.75, 3.05) is 7.05 Å². The molecule has 0 fully saturated rings. The Balaban J connectivity index is 3.85. The summed E-state index contributed by atoms with van der Waals surface area (Å²) in [6, 6.07) is -0.170. The molecule has 0 aliphatic rings. The van der Waals surface area contributed by atoms with Gasteiger partial charge in [-0.3, -0.25) is 4.79 Å². The smallest absolute Gasteiger partial charge is 0.234 e. The van der Waals surface area contributed by atoms with Crippen LogP contribution in [0, 0.1) is 5.92 Å². The normalized spacial score (nSPS) is 15.6. The van der Waals surface area contributed by atoms with Crippen LogP contribution in [-0.4, -0.2) is 19.0 Å². The molecule has 0 rings (SSSR count). The number of hydrogen-bond acceptors (Lipinski definition) is 2. The van der Waals surface area contributed by atoms with Gasteiger partial charge in [-0.25, -0.2) is 0 Å². The molecule has 3 nitrogen and oxygen atoms in total. The molecule has 0 aliphatic carbocycles. The number of amides is 1. The van der Waals surface area contributed by atoms with Crippen LogP contribution in [0.1, 0.15) is 33.1 Å². The van der Waals surface area contributed by atoms with Gasteiger partial charge >= 0.3 is 0 Å². The van der Waals surface area contributed by atoms with Crippen LogP contribution < -0.4 is 11.1 Å². The molecule has 0 aromatic heterocycles. The maximum absolute atomic E-state index is 10.9. The zero-order valence-electron chi connectivity index (χ0n) is 8.26. The molecule has 0 saturated carbocycles. The van der Waals surface area contributed by atoms with Gasteiger partial charge in [-0.05, 0) is 19.4 Å². The molecular weight excluding hydrogens is 152 g/mol. The lowest BCUT2D eigenvalue weighted by Crippen LogP contribution is -2.43. The Bertz CT molecular complexity index is 136. The number of nitrogens with one attached hydrogen (secondary N) is 1. The van der Waals surface area contributed by atoms with E-state index in [0.717, 1.165) is 12.8 Å². The fraction of sp³-hybridized carbons (Fsp3) is 0.889. The van der Waals surface area contributed by atoms with Crippen LogP contribution in [0.25, 0.3) is 0 Å². The van der Waals surface area contributed by atoms with Crippen molar-refractivity contribution in [1.29, 1.82) is 0 Å². The van der Waals surface area contributed by atoms with Crippen molar-refractivity contribution in [3.8, 4) is 0 Å². The van der Waals surface area contributed by atoms with Gasteiger partial charge in [-0.15, -0.1) is 0 Å². The van der Waals surface area contributed by atoms with Crippen molar-refractivity contribution < 1.29 is 4.79 Å². The van der Waals surface area contributed by atoms with E-state index >= 15 is 0 Å². The third-order valence-electron chi connectivity index (χ3n) is 2.20. The maximum Gasteiger partial charge on any atom is 0.234 e.